The fourth-order valence-electron chi connectivity index (χ4n) is 3.03. The monoisotopic (exact) mass is 332 g/mol. The molecule has 3 rings (SSSR count). The Hall–Kier alpha value is -2.04. The smallest absolute Gasteiger partial charge is 0.260 e. The minimum atomic E-state index is -0.589. The Balaban J connectivity index is 0.00000192. The first-order valence-electron chi connectivity index (χ1n) is 7.49. The zero-order chi connectivity index (χ0) is 15.5. The molecule has 0 saturated heterocycles. The molecule has 0 aromatic heterocycles. The quantitative estimate of drug-likeness (QED) is 0.877. The van der Waals surface area contributed by atoms with Crippen LogP contribution in [0.5, 0.6) is 0 Å². The summed E-state index contributed by atoms with van der Waals surface area (Å²) in [4.78, 5) is 14.8. The van der Waals surface area contributed by atoms with Crippen LogP contribution in [0.1, 0.15) is 23.7 Å². The van der Waals surface area contributed by atoms with Crippen LogP contribution < -0.4 is 10.6 Å². The lowest BCUT2D eigenvalue weighted by Gasteiger charge is -2.32. The first kappa shape index (κ1) is 17.3. The predicted octanol–water partition coefficient (Wildman–Crippen LogP) is 3.36. The van der Waals surface area contributed by atoms with Crippen molar-refractivity contribution in [1.29, 1.82) is 0 Å². The third-order valence-electron chi connectivity index (χ3n) is 4.12. The van der Waals surface area contributed by atoms with Crippen LogP contribution in [-0.4, -0.2) is 19.6 Å². The van der Waals surface area contributed by atoms with Gasteiger partial charge in [0.25, 0.3) is 5.91 Å². The molecule has 2 aromatic rings. The Morgan fingerprint density at radius 3 is 2.61 bits per heavy atom. The number of fused-ring (bicyclic) bond motifs is 1. The number of amides is 1. The zero-order valence-corrected chi connectivity index (χ0v) is 13.9. The summed E-state index contributed by atoms with van der Waals surface area (Å²) in [5.74, 6) is -0.0414. The lowest BCUT2D eigenvalue weighted by molar-refractivity contribution is -0.128. The van der Waals surface area contributed by atoms with Crippen molar-refractivity contribution in [3.63, 3.8) is 0 Å². The van der Waals surface area contributed by atoms with Crippen molar-refractivity contribution in [1.82, 2.24) is 0 Å². The van der Waals surface area contributed by atoms with Gasteiger partial charge in [-0.1, -0.05) is 36.4 Å². The van der Waals surface area contributed by atoms with E-state index in [1.165, 1.54) is 0 Å². The van der Waals surface area contributed by atoms with Gasteiger partial charge >= 0.3 is 0 Å². The maximum atomic E-state index is 13.0. The van der Waals surface area contributed by atoms with Crippen molar-refractivity contribution in [3.05, 3.63) is 59.7 Å². The number of carbonyl (C=O) groups excluding carboxylic acids is 1. The summed E-state index contributed by atoms with van der Waals surface area (Å²) >= 11 is 0. The number of nitrogen functional groups attached to an aromatic ring is 1. The molecule has 1 aliphatic rings. The fourth-order valence-corrected chi connectivity index (χ4v) is 3.03. The molecular weight excluding hydrogens is 312 g/mol. The van der Waals surface area contributed by atoms with Gasteiger partial charge in [0.2, 0.25) is 0 Å². The van der Waals surface area contributed by atoms with Crippen LogP contribution in [-0.2, 0) is 16.0 Å². The third-order valence-corrected chi connectivity index (χ3v) is 4.12. The van der Waals surface area contributed by atoms with Crippen molar-refractivity contribution in [2.45, 2.75) is 18.9 Å². The Bertz CT molecular complexity index is 676. The molecule has 0 aliphatic carbocycles. The molecule has 2 aromatic carbocycles. The Kier molecular flexibility index (Phi) is 5.64. The van der Waals surface area contributed by atoms with E-state index in [4.69, 9.17) is 10.5 Å². The van der Waals surface area contributed by atoms with Gasteiger partial charge in [-0.2, -0.15) is 0 Å². The van der Waals surface area contributed by atoms with Gasteiger partial charge in [-0.3, -0.25) is 4.79 Å². The molecular formula is C18H21ClN2O2. The standard InChI is InChI=1S/C18H20N2O2.ClH/c1-22-17(13-7-3-2-4-8-13)18(21)20-12-6-9-14-15(19)10-5-11-16(14)20;/h2-5,7-8,10-11,17H,6,9,12,19H2,1H3;1H. The van der Waals surface area contributed by atoms with Gasteiger partial charge < -0.3 is 15.4 Å². The number of carbonyl (C=O) groups is 1. The molecule has 5 heteroatoms. The first-order chi connectivity index (χ1) is 10.7. The number of methoxy groups -OCH3 is 1. The highest BCUT2D eigenvalue weighted by molar-refractivity contribution is 5.98. The summed E-state index contributed by atoms with van der Waals surface area (Å²) < 4.78 is 5.47. The average molecular weight is 333 g/mol. The van der Waals surface area contributed by atoms with Crippen molar-refractivity contribution >= 4 is 29.7 Å². The van der Waals surface area contributed by atoms with Gasteiger partial charge in [-0.25, -0.2) is 0 Å². The van der Waals surface area contributed by atoms with E-state index in [0.717, 1.165) is 35.3 Å². The van der Waals surface area contributed by atoms with E-state index in [9.17, 15) is 4.79 Å². The zero-order valence-electron chi connectivity index (χ0n) is 13.1. The minimum Gasteiger partial charge on any atom is -0.398 e. The second kappa shape index (κ2) is 7.49. The van der Waals surface area contributed by atoms with Crippen molar-refractivity contribution < 1.29 is 9.53 Å². The second-order valence-electron chi connectivity index (χ2n) is 5.46. The Labute approximate surface area is 142 Å². The molecule has 23 heavy (non-hydrogen) atoms. The number of anilines is 2. The van der Waals surface area contributed by atoms with Crippen LogP contribution >= 0.6 is 12.4 Å². The van der Waals surface area contributed by atoms with Gasteiger partial charge in [0.05, 0.1) is 0 Å². The number of nitrogens with zero attached hydrogens (tertiary/aromatic N) is 1. The maximum Gasteiger partial charge on any atom is 0.260 e. The summed E-state index contributed by atoms with van der Waals surface area (Å²) in [6.45, 7) is 0.696. The highest BCUT2D eigenvalue weighted by Crippen LogP contribution is 2.33. The van der Waals surface area contributed by atoms with Crippen LogP contribution in [0.15, 0.2) is 48.5 Å². The van der Waals surface area contributed by atoms with E-state index in [1.54, 1.807) is 12.0 Å². The van der Waals surface area contributed by atoms with E-state index in [1.807, 2.05) is 48.5 Å². The molecule has 0 spiro atoms. The van der Waals surface area contributed by atoms with E-state index in [-0.39, 0.29) is 18.3 Å². The fraction of sp³-hybridized carbons (Fsp3) is 0.278. The molecule has 2 N–H and O–H groups in total. The normalized spacial score (nSPS) is 14.6. The van der Waals surface area contributed by atoms with Gasteiger partial charge in [0.1, 0.15) is 0 Å². The first-order valence-corrected chi connectivity index (χ1v) is 7.49. The Morgan fingerprint density at radius 2 is 1.91 bits per heavy atom. The third kappa shape index (κ3) is 3.33. The van der Waals surface area contributed by atoms with E-state index < -0.39 is 6.10 Å². The highest BCUT2D eigenvalue weighted by Gasteiger charge is 2.30. The largest absolute Gasteiger partial charge is 0.398 e. The molecule has 1 atom stereocenters. The lowest BCUT2D eigenvalue weighted by Crippen LogP contribution is -2.39. The van der Waals surface area contributed by atoms with Crippen molar-refractivity contribution in [2.24, 2.45) is 0 Å². The van der Waals surface area contributed by atoms with E-state index >= 15 is 0 Å². The molecule has 0 fully saturated rings. The summed E-state index contributed by atoms with van der Waals surface area (Å²) in [7, 11) is 1.57. The molecule has 0 saturated carbocycles. The molecule has 0 radical (unpaired) electrons. The lowest BCUT2D eigenvalue weighted by atomic mass is 9.98. The van der Waals surface area contributed by atoms with Crippen molar-refractivity contribution in [3.8, 4) is 0 Å². The average Bonchev–Trinajstić information content (AvgIpc) is 2.56. The van der Waals surface area contributed by atoms with E-state index in [2.05, 4.69) is 0 Å². The summed E-state index contributed by atoms with van der Waals surface area (Å²) in [5, 5.41) is 0. The number of hydrogen-bond acceptors (Lipinski definition) is 3. The van der Waals surface area contributed by atoms with Gasteiger partial charge in [-0.15, -0.1) is 12.4 Å². The topological polar surface area (TPSA) is 55.6 Å². The molecule has 0 bridgehead atoms. The maximum absolute atomic E-state index is 13.0. The summed E-state index contributed by atoms with van der Waals surface area (Å²) in [6.07, 6.45) is 1.24. The number of ether oxygens (including phenoxy) is 1. The molecule has 122 valence electrons. The summed E-state index contributed by atoms with van der Waals surface area (Å²) in [6, 6.07) is 15.3. The van der Waals surface area contributed by atoms with Gasteiger partial charge in [-0.05, 0) is 36.1 Å². The molecule has 1 aliphatic heterocycles. The molecule has 1 unspecified atom stereocenters. The summed E-state index contributed by atoms with van der Waals surface area (Å²) in [5.41, 5.74) is 9.65. The SMILES string of the molecule is COC(C(=O)N1CCCc2c(N)cccc21)c1ccccc1.Cl. The number of halogens is 1. The predicted molar refractivity (Wildman–Crippen MR) is 95.0 cm³/mol. The van der Waals surface area contributed by atoms with Crippen LogP contribution in [0.4, 0.5) is 11.4 Å². The molecule has 1 amide bonds. The van der Waals surface area contributed by atoms with Crippen LogP contribution in [0, 0.1) is 0 Å². The Morgan fingerprint density at radius 1 is 1.17 bits per heavy atom. The highest BCUT2D eigenvalue weighted by atomic mass is 35.5. The number of nitrogens with two attached hydrogens (primary N) is 1. The molecule has 4 nitrogen and oxygen atoms in total. The van der Waals surface area contributed by atoms with Gasteiger partial charge in [0.15, 0.2) is 6.10 Å². The van der Waals surface area contributed by atoms with Crippen molar-refractivity contribution in [2.75, 3.05) is 24.3 Å². The van der Waals surface area contributed by atoms with E-state index in [0.29, 0.717) is 6.54 Å². The van der Waals surface area contributed by atoms with Crippen LogP contribution in [0.3, 0.4) is 0 Å². The molecule has 1 heterocycles. The number of benzene rings is 2. The van der Waals surface area contributed by atoms with Crippen LogP contribution in [0.25, 0.3) is 0 Å². The second-order valence-corrected chi connectivity index (χ2v) is 5.46. The number of hydrogen-bond donors (Lipinski definition) is 1. The number of rotatable bonds is 3. The van der Waals surface area contributed by atoms with Gasteiger partial charge in [0, 0.05) is 25.0 Å². The van der Waals surface area contributed by atoms with Crippen LogP contribution in [0.2, 0.25) is 0 Å². The minimum absolute atomic E-state index is 0.